The number of benzene rings is 1. The summed E-state index contributed by atoms with van der Waals surface area (Å²) in [6.45, 7) is 2.24. The third-order valence-electron chi connectivity index (χ3n) is 5.03. The number of nitrogens with zero attached hydrogens (tertiary/aromatic N) is 3. The second-order valence-electron chi connectivity index (χ2n) is 6.84. The molecule has 1 unspecified atom stereocenters. The predicted molar refractivity (Wildman–Crippen MR) is 110 cm³/mol. The Morgan fingerprint density at radius 2 is 2.07 bits per heavy atom. The summed E-state index contributed by atoms with van der Waals surface area (Å²) in [5, 5.41) is 3.36. The number of carbonyl (C=O) groups excluding carboxylic acids is 1. The monoisotopic (exact) mass is 400 g/mol. The Morgan fingerprint density at radius 1 is 1.25 bits per heavy atom. The largest absolute Gasteiger partial charge is 0.461 e. The van der Waals surface area contributed by atoms with Gasteiger partial charge in [0, 0.05) is 57.5 Å². The number of halogens is 1. The SMILES string of the molecule is Cl.Cn1ccnc1C1CNCCN1C(=O)CCc1ccc(-c2ccccc2)o1. The molecule has 0 aliphatic carbocycles. The summed E-state index contributed by atoms with van der Waals surface area (Å²) in [4.78, 5) is 19.3. The van der Waals surface area contributed by atoms with Crippen molar-refractivity contribution in [3.8, 4) is 11.3 Å². The van der Waals surface area contributed by atoms with Crippen LogP contribution in [0.5, 0.6) is 0 Å². The van der Waals surface area contributed by atoms with E-state index in [4.69, 9.17) is 4.42 Å². The summed E-state index contributed by atoms with van der Waals surface area (Å²) in [5.74, 6) is 2.74. The fraction of sp³-hybridized carbons (Fsp3) is 0.333. The molecule has 0 saturated carbocycles. The Balaban J connectivity index is 0.00000225. The van der Waals surface area contributed by atoms with E-state index in [1.165, 1.54) is 0 Å². The second kappa shape index (κ2) is 9.08. The van der Waals surface area contributed by atoms with Crippen molar-refractivity contribution in [1.29, 1.82) is 0 Å². The number of amides is 1. The fourth-order valence-electron chi connectivity index (χ4n) is 3.58. The first-order chi connectivity index (χ1) is 13.2. The van der Waals surface area contributed by atoms with Crippen LogP contribution in [0.3, 0.4) is 0 Å². The highest BCUT2D eigenvalue weighted by molar-refractivity contribution is 5.85. The molecule has 0 bridgehead atoms. The number of aromatic nitrogens is 2. The van der Waals surface area contributed by atoms with Crippen molar-refractivity contribution in [2.24, 2.45) is 7.05 Å². The van der Waals surface area contributed by atoms with Gasteiger partial charge in [-0.05, 0) is 12.1 Å². The maximum absolute atomic E-state index is 12.9. The Kier molecular flexibility index (Phi) is 6.54. The number of hydrogen-bond acceptors (Lipinski definition) is 4. The zero-order chi connectivity index (χ0) is 18.6. The van der Waals surface area contributed by atoms with Gasteiger partial charge < -0.3 is 19.2 Å². The summed E-state index contributed by atoms with van der Waals surface area (Å²) in [6, 6.07) is 13.9. The standard InChI is InChI=1S/C21H24N4O2.ClH/c1-24-13-12-23-21(24)18-15-22-11-14-25(18)20(26)10-8-17-7-9-19(27-17)16-5-3-2-4-6-16;/h2-7,9,12-13,18,22H,8,10-11,14-15H2,1H3;1H. The van der Waals surface area contributed by atoms with Crippen LogP contribution in [0.15, 0.2) is 59.3 Å². The molecule has 3 aromatic rings. The van der Waals surface area contributed by atoms with Crippen LogP contribution in [0.25, 0.3) is 11.3 Å². The summed E-state index contributed by atoms with van der Waals surface area (Å²) in [6.07, 6.45) is 4.73. The Hall–Kier alpha value is -2.57. The third kappa shape index (κ3) is 4.29. The lowest BCUT2D eigenvalue weighted by molar-refractivity contribution is -0.134. The minimum atomic E-state index is -0.0252. The van der Waals surface area contributed by atoms with Crippen LogP contribution in [0.1, 0.15) is 24.0 Å². The van der Waals surface area contributed by atoms with Crippen LogP contribution < -0.4 is 5.32 Å². The van der Waals surface area contributed by atoms with Crippen molar-refractivity contribution < 1.29 is 9.21 Å². The Bertz CT molecular complexity index is 906. The van der Waals surface area contributed by atoms with E-state index in [1.54, 1.807) is 6.20 Å². The molecule has 4 rings (SSSR count). The zero-order valence-electron chi connectivity index (χ0n) is 15.9. The molecule has 28 heavy (non-hydrogen) atoms. The first-order valence-electron chi connectivity index (χ1n) is 9.34. The van der Waals surface area contributed by atoms with E-state index in [-0.39, 0.29) is 24.4 Å². The molecule has 7 heteroatoms. The van der Waals surface area contributed by atoms with Gasteiger partial charge in [-0.2, -0.15) is 0 Å². The average Bonchev–Trinajstić information content (AvgIpc) is 3.36. The van der Waals surface area contributed by atoms with Gasteiger partial charge in [-0.3, -0.25) is 4.79 Å². The molecule has 0 radical (unpaired) electrons. The fourth-order valence-corrected chi connectivity index (χ4v) is 3.58. The zero-order valence-corrected chi connectivity index (χ0v) is 16.7. The molecule has 0 spiro atoms. The van der Waals surface area contributed by atoms with Gasteiger partial charge in [0.1, 0.15) is 23.4 Å². The van der Waals surface area contributed by atoms with E-state index in [1.807, 2.05) is 65.2 Å². The normalized spacial score (nSPS) is 16.6. The molecule has 1 fully saturated rings. The number of imidazole rings is 1. The molecule has 1 N–H and O–H groups in total. The topological polar surface area (TPSA) is 63.3 Å². The molecule has 1 saturated heterocycles. The van der Waals surface area contributed by atoms with Gasteiger partial charge in [-0.1, -0.05) is 30.3 Å². The molecule has 1 atom stereocenters. The number of nitrogens with one attached hydrogen (secondary N) is 1. The molecule has 1 aliphatic heterocycles. The van der Waals surface area contributed by atoms with Gasteiger partial charge in [-0.25, -0.2) is 4.98 Å². The van der Waals surface area contributed by atoms with Crippen molar-refractivity contribution in [3.05, 3.63) is 66.4 Å². The molecule has 148 valence electrons. The highest BCUT2D eigenvalue weighted by Crippen LogP contribution is 2.24. The van der Waals surface area contributed by atoms with Crippen LogP contribution in [-0.2, 0) is 18.3 Å². The molecule has 1 amide bonds. The minimum Gasteiger partial charge on any atom is -0.461 e. The quantitative estimate of drug-likeness (QED) is 0.714. The molecule has 6 nitrogen and oxygen atoms in total. The lowest BCUT2D eigenvalue weighted by Gasteiger charge is -2.35. The predicted octanol–water partition coefficient (Wildman–Crippen LogP) is 3.21. The number of furan rings is 1. The van der Waals surface area contributed by atoms with Crippen LogP contribution in [0, 0.1) is 0 Å². The first-order valence-corrected chi connectivity index (χ1v) is 9.34. The maximum Gasteiger partial charge on any atom is 0.223 e. The summed E-state index contributed by atoms with van der Waals surface area (Å²) >= 11 is 0. The summed E-state index contributed by atoms with van der Waals surface area (Å²) < 4.78 is 7.91. The molecule has 1 aromatic carbocycles. The molecule has 3 heterocycles. The van der Waals surface area contributed by atoms with Crippen LogP contribution in [0.2, 0.25) is 0 Å². The van der Waals surface area contributed by atoms with Crippen molar-refractivity contribution in [2.75, 3.05) is 19.6 Å². The smallest absolute Gasteiger partial charge is 0.223 e. The number of carbonyl (C=O) groups is 1. The first kappa shape index (κ1) is 20.2. The number of rotatable bonds is 5. The molecule has 2 aromatic heterocycles. The van der Waals surface area contributed by atoms with E-state index in [0.717, 1.165) is 36.0 Å². The summed E-state index contributed by atoms with van der Waals surface area (Å²) in [7, 11) is 1.97. The minimum absolute atomic E-state index is 0. The van der Waals surface area contributed by atoms with Crippen molar-refractivity contribution in [1.82, 2.24) is 19.8 Å². The van der Waals surface area contributed by atoms with E-state index < -0.39 is 0 Å². The highest BCUT2D eigenvalue weighted by atomic mass is 35.5. The lowest BCUT2D eigenvalue weighted by atomic mass is 10.1. The Morgan fingerprint density at radius 3 is 2.82 bits per heavy atom. The molecule has 1 aliphatic rings. The maximum atomic E-state index is 12.9. The van der Waals surface area contributed by atoms with Gasteiger partial charge in [-0.15, -0.1) is 12.4 Å². The third-order valence-corrected chi connectivity index (χ3v) is 5.03. The Labute approximate surface area is 171 Å². The van der Waals surface area contributed by atoms with Crippen LogP contribution >= 0.6 is 12.4 Å². The summed E-state index contributed by atoms with van der Waals surface area (Å²) in [5.41, 5.74) is 1.05. The number of aryl methyl sites for hydroxylation is 2. The number of piperazine rings is 1. The van der Waals surface area contributed by atoms with Crippen molar-refractivity contribution in [3.63, 3.8) is 0 Å². The van der Waals surface area contributed by atoms with Gasteiger partial charge >= 0.3 is 0 Å². The molecular weight excluding hydrogens is 376 g/mol. The van der Waals surface area contributed by atoms with Gasteiger partial charge in [0.2, 0.25) is 5.91 Å². The second-order valence-corrected chi connectivity index (χ2v) is 6.84. The van der Waals surface area contributed by atoms with Crippen LogP contribution in [0.4, 0.5) is 0 Å². The van der Waals surface area contributed by atoms with Gasteiger partial charge in [0.15, 0.2) is 0 Å². The van der Waals surface area contributed by atoms with Crippen LogP contribution in [-0.4, -0.2) is 40.0 Å². The van der Waals surface area contributed by atoms with E-state index in [0.29, 0.717) is 19.4 Å². The molecular formula is C21H25ClN4O2. The van der Waals surface area contributed by atoms with Crippen molar-refractivity contribution in [2.45, 2.75) is 18.9 Å². The lowest BCUT2D eigenvalue weighted by Crippen LogP contribution is -2.49. The van der Waals surface area contributed by atoms with E-state index in [2.05, 4.69) is 10.3 Å². The van der Waals surface area contributed by atoms with Gasteiger partial charge in [0.25, 0.3) is 0 Å². The van der Waals surface area contributed by atoms with Crippen molar-refractivity contribution >= 4 is 18.3 Å². The highest BCUT2D eigenvalue weighted by Gasteiger charge is 2.30. The average molecular weight is 401 g/mol. The van der Waals surface area contributed by atoms with E-state index >= 15 is 0 Å². The van der Waals surface area contributed by atoms with E-state index in [9.17, 15) is 4.79 Å². The van der Waals surface area contributed by atoms with Gasteiger partial charge in [0.05, 0.1) is 0 Å². The number of hydrogen-bond donors (Lipinski definition) is 1.